The lowest BCUT2D eigenvalue weighted by atomic mass is 9.86. The number of aryl methyl sites for hydroxylation is 3. The van der Waals surface area contributed by atoms with Gasteiger partial charge in [-0.1, -0.05) is 38.0 Å². The van der Waals surface area contributed by atoms with E-state index in [4.69, 9.17) is 0 Å². The number of benzene rings is 1. The van der Waals surface area contributed by atoms with Gasteiger partial charge in [-0.2, -0.15) is 0 Å². The lowest BCUT2D eigenvalue weighted by Crippen LogP contribution is -2.24. The average Bonchev–Trinajstić information content (AvgIpc) is 2.22. The van der Waals surface area contributed by atoms with Crippen LogP contribution in [0.1, 0.15) is 48.6 Å². The van der Waals surface area contributed by atoms with Crippen molar-refractivity contribution in [2.45, 2.75) is 47.1 Å². The fourth-order valence-electron chi connectivity index (χ4n) is 2.63. The van der Waals surface area contributed by atoms with E-state index in [9.17, 15) is 0 Å². The normalized spacial score (nSPS) is 14.9. The standard InChI is InChI=1S/C15H25N/c1-7-11(3)15(16-6)14-12(4)8-10(2)9-13(14)5/h8-9,11,15-16H,7H2,1-6H3. The van der Waals surface area contributed by atoms with Crippen LogP contribution in [0, 0.1) is 26.7 Å². The van der Waals surface area contributed by atoms with E-state index in [0.717, 1.165) is 0 Å². The lowest BCUT2D eigenvalue weighted by Gasteiger charge is -2.26. The Morgan fingerprint density at radius 3 is 2.00 bits per heavy atom. The first-order valence-corrected chi connectivity index (χ1v) is 6.26. The van der Waals surface area contributed by atoms with Crippen LogP contribution in [0.25, 0.3) is 0 Å². The van der Waals surface area contributed by atoms with E-state index >= 15 is 0 Å². The monoisotopic (exact) mass is 219 g/mol. The second kappa shape index (κ2) is 5.49. The molecular weight excluding hydrogens is 194 g/mol. The maximum Gasteiger partial charge on any atom is 0.0348 e. The maximum atomic E-state index is 3.47. The molecule has 1 heteroatoms. The van der Waals surface area contributed by atoms with Crippen molar-refractivity contribution in [3.8, 4) is 0 Å². The molecule has 0 spiro atoms. The number of hydrogen-bond donors (Lipinski definition) is 1. The van der Waals surface area contributed by atoms with Crippen LogP contribution in [-0.2, 0) is 0 Å². The predicted molar refractivity (Wildman–Crippen MR) is 71.9 cm³/mol. The van der Waals surface area contributed by atoms with Gasteiger partial charge >= 0.3 is 0 Å². The summed E-state index contributed by atoms with van der Waals surface area (Å²) in [6, 6.07) is 5.05. The summed E-state index contributed by atoms with van der Waals surface area (Å²) in [6.45, 7) is 11.2. The molecule has 0 aliphatic rings. The van der Waals surface area contributed by atoms with Crippen molar-refractivity contribution in [1.82, 2.24) is 5.32 Å². The number of nitrogens with one attached hydrogen (secondary N) is 1. The average molecular weight is 219 g/mol. The molecular formula is C15H25N. The van der Waals surface area contributed by atoms with Crippen molar-refractivity contribution in [3.63, 3.8) is 0 Å². The Morgan fingerprint density at radius 2 is 1.62 bits per heavy atom. The van der Waals surface area contributed by atoms with Crippen LogP contribution in [0.15, 0.2) is 12.1 Å². The largest absolute Gasteiger partial charge is 0.313 e. The smallest absolute Gasteiger partial charge is 0.0348 e. The van der Waals surface area contributed by atoms with Crippen LogP contribution in [0.4, 0.5) is 0 Å². The minimum absolute atomic E-state index is 0.477. The number of rotatable bonds is 4. The third-order valence-electron chi connectivity index (χ3n) is 3.57. The van der Waals surface area contributed by atoms with Gasteiger partial charge in [0.1, 0.15) is 0 Å². The fourth-order valence-corrected chi connectivity index (χ4v) is 2.63. The van der Waals surface area contributed by atoms with E-state index in [1.807, 2.05) is 0 Å². The maximum absolute atomic E-state index is 3.47. The van der Waals surface area contributed by atoms with Crippen molar-refractivity contribution < 1.29 is 0 Å². The predicted octanol–water partition coefficient (Wildman–Crippen LogP) is 3.92. The zero-order valence-corrected chi connectivity index (χ0v) is 11.5. The molecule has 0 heterocycles. The molecule has 0 fully saturated rings. The molecule has 0 bridgehead atoms. The summed E-state index contributed by atoms with van der Waals surface area (Å²) in [7, 11) is 2.07. The highest BCUT2D eigenvalue weighted by Gasteiger charge is 2.19. The Labute approximate surface area is 100 Å². The second-order valence-corrected chi connectivity index (χ2v) is 4.96. The molecule has 0 aliphatic heterocycles. The van der Waals surface area contributed by atoms with E-state index in [0.29, 0.717) is 12.0 Å². The van der Waals surface area contributed by atoms with E-state index in [-0.39, 0.29) is 0 Å². The van der Waals surface area contributed by atoms with Crippen LogP contribution in [-0.4, -0.2) is 7.05 Å². The first kappa shape index (κ1) is 13.2. The quantitative estimate of drug-likeness (QED) is 0.809. The van der Waals surface area contributed by atoms with Crippen LogP contribution >= 0.6 is 0 Å². The molecule has 0 aromatic heterocycles. The van der Waals surface area contributed by atoms with Crippen LogP contribution in [0.5, 0.6) is 0 Å². The highest BCUT2D eigenvalue weighted by atomic mass is 14.9. The molecule has 0 saturated heterocycles. The summed E-state index contributed by atoms with van der Waals surface area (Å²) in [5, 5.41) is 3.47. The van der Waals surface area contributed by atoms with Crippen molar-refractivity contribution in [2.24, 2.45) is 5.92 Å². The van der Waals surface area contributed by atoms with Crippen molar-refractivity contribution in [3.05, 3.63) is 34.4 Å². The number of hydrogen-bond acceptors (Lipinski definition) is 1. The fraction of sp³-hybridized carbons (Fsp3) is 0.600. The van der Waals surface area contributed by atoms with Gasteiger partial charge in [-0.05, 0) is 50.4 Å². The van der Waals surface area contributed by atoms with Gasteiger partial charge in [0.15, 0.2) is 0 Å². The van der Waals surface area contributed by atoms with Gasteiger partial charge in [-0.15, -0.1) is 0 Å². The lowest BCUT2D eigenvalue weighted by molar-refractivity contribution is 0.397. The Hall–Kier alpha value is -0.820. The second-order valence-electron chi connectivity index (χ2n) is 4.96. The van der Waals surface area contributed by atoms with Gasteiger partial charge < -0.3 is 5.32 Å². The van der Waals surface area contributed by atoms with E-state index in [1.165, 1.54) is 28.7 Å². The molecule has 16 heavy (non-hydrogen) atoms. The third-order valence-corrected chi connectivity index (χ3v) is 3.57. The molecule has 1 aromatic carbocycles. The molecule has 0 saturated carbocycles. The van der Waals surface area contributed by atoms with Crippen molar-refractivity contribution in [1.29, 1.82) is 0 Å². The van der Waals surface area contributed by atoms with E-state index in [1.54, 1.807) is 0 Å². The van der Waals surface area contributed by atoms with Crippen LogP contribution in [0.2, 0.25) is 0 Å². The summed E-state index contributed by atoms with van der Waals surface area (Å²) in [5.74, 6) is 0.671. The molecule has 1 aromatic rings. The Kier molecular flexibility index (Phi) is 4.55. The Balaban J connectivity index is 3.19. The highest BCUT2D eigenvalue weighted by molar-refractivity contribution is 5.39. The molecule has 2 unspecified atom stereocenters. The molecule has 1 N–H and O–H groups in total. The van der Waals surface area contributed by atoms with Gasteiger partial charge in [0.05, 0.1) is 0 Å². The summed E-state index contributed by atoms with van der Waals surface area (Å²) < 4.78 is 0. The SMILES string of the molecule is CCC(C)C(NC)c1c(C)cc(C)cc1C. The summed E-state index contributed by atoms with van der Waals surface area (Å²) in [5.41, 5.74) is 5.68. The summed E-state index contributed by atoms with van der Waals surface area (Å²) in [6.07, 6.45) is 1.21. The Bertz CT molecular complexity index is 331. The van der Waals surface area contributed by atoms with E-state index < -0.39 is 0 Å². The van der Waals surface area contributed by atoms with Gasteiger partial charge in [-0.25, -0.2) is 0 Å². The third kappa shape index (κ3) is 2.65. The Morgan fingerprint density at radius 1 is 1.12 bits per heavy atom. The highest BCUT2D eigenvalue weighted by Crippen LogP contribution is 2.30. The molecule has 1 nitrogen and oxygen atoms in total. The summed E-state index contributed by atoms with van der Waals surface area (Å²) in [4.78, 5) is 0. The summed E-state index contributed by atoms with van der Waals surface area (Å²) >= 11 is 0. The first-order valence-electron chi connectivity index (χ1n) is 6.26. The topological polar surface area (TPSA) is 12.0 Å². The first-order chi connectivity index (χ1) is 7.51. The van der Waals surface area contributed by atoms with Crippen molar-refractivity contribution in [2.75, 3.05) is 7.05 Å². The van der Waals surface area contributed by atoms with Gasteiger partial charge in [-0.3, -0.25) is 0 Å². The zero-order chi connectivity index (χ0) is 12.3. The van der Waals surface area contributed by atoms with Crippen LogP contribution in [0.3, 0.4) is 0 Å². The molecule has 0 aliphatic carbocycles. The molecule has 2 atom stereocenters. The molecule has 0 radical (unpaired) electrons. The molecule has 0 amide bonds. The van der Waals surface area contributed by atoms with Crippen LogP contribution < -0.4 is 5.32 Å². The zero-order valence-electron chi connectivity index (χ0n) is 11.5. The minimum atomic E-state index is 0.477. The van der Waals surface area contributed by atoms with E-state index in [2.05, 4.69) is 59.1 Å². The van der Waals surface area contributed by atoms with Crippen molar-refractivity contribution >= 4 is 0 Å². The van der Waals surface area contributed by atoms with Gasteiger partial charge in [0.2, 0.25) is 0 Å². The molecule has 90 valence electrons. The van der Waals surface area contributed by atoms with Gasteiger partial charge in [0, 0.05) is 6.04 Å². The minimum Gasteiger partial charge on any atom is -0.313 e. The molecule has 1 rings (SSSR count). The van der Waals surface area contributed by atoms with Gasteiger partial charge in [0.25, 0.3) is 0 Å².